The van der Waals surface area contributed by atoms with Gasteiger partial charge in [-0.25, -0.2) is 0 Å². The van der Waals surface area contributed by atoms with Crippen LogP contribution in [0.2, 0.25) is 0 Å². The van der Waals surface area contributed by atoms with E-state index in [1.54, 1.807) is 24.3 Å². The van der Waals surface area contributed by atoms with E-state index in [1.807, 2.05) is 18.7 Å². The van der Waals surface area contributed by atoms with E-state index in [1.165, 1.54) is 24.3 Å². The molecule has 0 spiro atoms. The van der Waals surface area contributed by atoms with E-state index >= 15 is 0 Å². The lowest BCUT2D eigenvalue weighted by atomic mass is 10.1. The molecule has 8 nitrogen and oxygen atoms in total. The third kappa shape index (κ3) is 6.08. The first-order valence-corrected chi connectivity index (χ1v) is 10.0. The molecular weight excluding hydrogens is 404 g/mol. The quantitative estimate of drug-likeness (QED) is 0.374. The minimum Gasteiger partial charge on any atom is -0.339 e. The molecule has 2 rings (SSSR count). The highest BCUT2D eigenvalue weighted by Crippen LogP contribution is 2.17. The number of nitro groups is 1. The van der Waals surface area contributed by atoms with Crippen LogP contribution in [0.1, 0.15) is 47.4 Å². The number of anilines is 1. The van der Waals surface area contributed by atoms with E-state index in [0.717, 1.165) is 12.8 Å². The van der Waals surface area contributed by atoms with Crippen LogP contribution < -0.4 is 10.6 Å². The molecule has 0 atom stereocenters. The van der Waals surface area contributed by atoms with E-state index in [-0.39, 0.29) is 22.3 Å². The maximum atomic E-state index is 12.6. The number of nitro benzene ring substituents is 1. The highest BCUT2D eigenvalue weighted by atomic mass is 32.1. The summed E-state index contributed by atoms with van der Waals surface area (Å²) in [6, 6.07) is 12.4. The smallest absolute Gasteiger partial charge is 0.282 e. The molecule has 2 aromatic rings. The Morgan fingerprint density at radius 3 is 2.20 bits per heavy atom. The van der Waals surface area contributed by atoms with Crippen molar-refractivity contribution in [3.8, 4) is 0 Å². The van der Waals surface area contributed by atoms with Crippen molar-refractivity contribution in [3.63, 3.8) is 0 Å². The molecule has 2 aromatic carbocycles. The van der Waals surface area contributed by atoms with Gasteiger partial charge < -0.3 is 10.2 Å². The van der Waals surface area contributed by atoms with Crippen molar-refractivity contribution in [2.75, 3.05) is 18.4 Å². The number of hydrogen-bond acceptors (Lipinski definition) is 5. The van der Waals surface area contributed by atoms with Gasteiger partial charge in [0.25, 0.3) is 17.5 Å². The first-order chi connectivity index (χ1) is 14.4. The molecule has 0 aliphatic carbocycles. The van der Waals surface area contributed by atoms with Gasteiger partial charge in [0.1, 0.15) is 5.56 Å². The normalized spacial score (nSPS) is 10.2. The Labute approximate surface area is 180 Å². The van der Waals surface area contributed by atoms with Crippen LogP contribution in [0.4, 0.5) is 11.4 Å². The second-order valence-electron chi connectivity index (χ2n) is 6.55. The van der Waals surface area contributed by atoms with Crippen LogP contribution in [0.3, 0.4) is 0 Å². The Balaban J connectivity index is 2.02. The van der Waals surface area contributed by atoms with E-state index in [0.29, 0.717) is 24.3 Å². The number of nitrogens with zero attached hydrogens (tertiary/aromatic N) is 2. The second kappa shape index (κ2) is 11.0. The lowest BCUT2D eigenvalue weighted by Crippen LogP contribution is -2.34. The Morgan fingerprint density at radius 2 is 1.63 bits per heavy atom. The molecule has 9 heteroatoms. The second-order valence-corrected chi connectivity index (χ2v) is 6.96. The van der Waals surface area contributed by atoms with Gasteiger partial charge in [0.15, 0.2) is 5.11 Å². The zero-order valence-corrected chi connectivity index (χ0v) is 17.7. The van der Waals surface area contributed by atoms with Crippen LogP contribution in [0.25, 0.3) is 0 Å². The zero-order valence-electron chi connectivity index (χ0n) is 16.9. The number of benzene rings is 2. The van der Waals surface area contributed by atoms with E-state index in [4.69, 9.17) is 12.2 Å². The van der Waals surface area contributed by atoms with Gasteiger partial charge in [-0.1, -0.05) is 26.0 Å². The molecule has 158 valence electrons. The molecule has 0 saturated heterocycles. The molecule has 0 heterocycles. The summed E-state index contributed by atoms with van der Waals surface area (Å²) in [6.07, 6.45) is 1.78. The summed E-state index contributed by atoms with van der Waals surface area (Å²) < 4.78 is 0. The van der Waals surface area contributed by atoms with Gasteiger partial charge in [0, 0.05) is 30.4 Å². The molecular formula is C21H24N4O4S. The van der Waals surface area contributed by atoms with Gasteiger partial charge in [-0.2, -0.15) is 0 Å². The number of carbonyl (C=O) groups is 2. The van der Waals surface area contributed by atoms with Crippen molar-refractivity contribution in [3.05, 3.63) is 69.8 Å². The highest BCUT2D eigenvalue weighted by Gasteiger charge is 2.20. The van der Waals surface area contributed by atoms with E-state index in [2.05, 4.69) is 10.6 Å². The van der Waals surface area contributed by atoms with E-state index < -0.39 is 10.8 Å². The van der Waals surface area contributed by atoms with Gasteiger partial charge in [0.2, 0.25) is 0 Å². The average Bonchev–Trinajstić information content (AvgIpc) is 2.73. The van der Waals surface area contributed by atoms with Crippen molar-refractivity contribution in [1.82, 2.24) is 10.2 Å². The van der Waals surface area contributed by atoms with Crippen LogP contribution >= 0.6 is 12.2 Å². The fourth-order valence-electron chi connectivity index (χ4n) is 2.89. The highest BCUT2D eigenvalue weighted by molar-refractivity contribution is 7.80. The molecule has 0 saturated carbocycles. The Kier molecular flexibility index (Phi) is 8.42. The molecule has 2 amide bonds. The maximum absolute atomic E-state index is 12.6. The molecule has 0 aliphatic heterocycles. The Morgan fingerprint density at radius 1 is 1.03 bits per heavy atom. The Bertz CT molecular complexity index is 925. The molecule has 2 N–H and O–H groups in total. The van der Waals surface area contributed by atoms with Crippen LogP contribution in [-0.2, 0) is 0 Å². The SMILES string of the molecule is CCCN(CCC)C(=O)c1ccc(NC(=S)NC(=O)c2ccccc2[N+](=O)[O-])cc1. The van der Waals surface area contributed by atoms with Crippen LogP contribution in [0.5, 0.6) is 0 Å². The van der Waals surface area contributed by atoms with Gasteiger partial charge in [0.05, 0.1) is 4.92 Å². The number of rotatable bonds is 8. The van der Waals surface area contributed by atoms with Gasteiger partial charge in [-0.3, -0.25) is 25.0 Å². The summed E-state index contributed by atoms with van der Waals surface area (Å²) in [7, 11) is 0. The monoisotopic (exact) mass is 428 g/mol. The fourth-order valence-corrected chi connectivity index (χ4v) is 3.10. The van der Waals surface area contributed by atoms with Crippen molar-refractivity contribution in [2.24, 2.45) is 0 Å². The predicted octanol–water partition coefficient (Wildman–Crippen LogP) is 3.98. The third-order valence-electron chi connectivity index (χ3n) is 4.24. The molecule has 0 aromatic heterocycles. The average molecular weight is 429 g/mol. The summed E-state index contributed by atoms with van der Waals surface area (Å²) >= 11 is 5.13. The standard InChI is InChI=1S/C21H24N4O4S/c1-3-13-24(14-4-2)20(27)15-9-11-16(12-10-15)22-21(30)23-19(26)17-7-5-6-8-18(17)25(28)29/h5-12H,3-4,13-14H2,1-2H3,(H2,22,23,26,30). The molecule has 30 heavy (non-hydrogen) atoms. The fraction of sp³-hybridized carbons (Fsp3) is 0.286. The van der Waals surface area contributed by atoms with Crippen molar-refractivity contribution in [2.45, 2.75) is 26.7 Å². The van der Waals surface area contributed by atoms with Gasteiger partial charge in [-0.15, -0.1) is 0 Å². The number of para-hydroxylation sites is 1. The molecule has 0 fully saturated rings. The predicted molar refractivity (Wildman–Crippen MR) is 120 cm³/mol. The zero-order chi connectivity index (χ0) is 22.1. The lowest BCUT2D eigenvalue weighted by molar-refractivity contribution is -0.385. The summed E-state index contributed by atoms with van der Waals surface area (Å²) in [6.45, 7) is 5.47. The van der Waals surface area contributed by atoms with Crippen molar-refractivity contribution in [1.29, 1.82) is 0 Å². The Hall–Kier alpha value is -3.33. The molecule has 0 unspecified atom stereocenters. The van der Waals surface area contributed by atoms with Crippen LogP contribution in [0.15, 0.2) is 48.5 Å². The van der Waals surface area contributed by atoms with Crippen LogP contribution in [-0.4, -0.2) is 39.8 Å². The number of nitrogens with one attached hydrogen (secondary N) is 2. The van der Waals surface area contributed by atoms with Crippen molar-refractivity contribution >= 4 is 40.5 Å². The first kappa shape index (κ1) is 23.0. The molecule has 0 radical (unpaired) electrons. The topological polar surface area (TPSA) is 105 Å². The van der Waals surface area contributed by atoms with Crippen molar-refractivity contribution < 1.29 is 14.5 Å². The summed E-state index contributed by atoms with van der Waals surface area (Å²) in [4.78, 5) is 37.2. The minimum absolute atomic E-state index is 0.00387. The van der Waals surface area contributed by atoms with Crippen LogP contribution in [0, 0.1) is 10.1 Å². The van der Waals surface area contributed by atoms with E-state index in [9.17, 15) is 19.7 Å². The number of thiocarbonyl (C=S) groups is 1. The molecule has 0 aliphatic rings. The maximum Gasteiger partial charge on any atom is 0.282 e. The molecule has 0 bridgehead atoms. The largest absolute Gasteiger partial charge is 0.339 e. The summed E-state index contributed by atoms with van der Waals surface area (Å²) in [5.41, 5.74) is 0.762. The number of hydrogen-bond donors (Lipinski definition) is 2. The first-order valence-electron chi connectivity index (χ1n) is 9.62. The van der Waals surface area contributed by atoms with Gasteiger partial charge >= 0.3 is 0 Å². The number of amides is 2. The summed E-state index contributed by atoms with van der Waals surface area (Å²) in [5.74, 6) is -0.709. The summed E-state index contributed by atoms with van der Waals surface area (Å²) in [5, 5.41) is 16.3. The minimum atomic E-state index is -0.679. The third-order valence-corrected chi connectivity index (χ3v) is 4.44. The van der Waals surface area contributed by atoms with Gasteiger partial charge in [-0.05, 0) is 55.4 Å². The lowest BCUT2D eigenvalue weighted by Gasteiger charge is -2.21. The number of carbonyl (C=O) groups excluding carboxylic acids is 2.